The van der Waals surface area contributed by atoms with Gasteiger partial charge in [0.05, 0.1) is 16.8 Å². The van der Waals surface area contributed by atoms with E-state index in [0.29, 0.717) is 49.4 Å². The fourth-order valence-electron chi connectivity index (χ4n) is 4.48. The summed E-state index contributed by atoms with van der Waals surface area (Å²) in [7, 11) is -0.101. The van der Waals surface area contributed by atoms with Gasteiger partial charge in [-0.15, -0.1) is 0 Å². The Morgan fingerprint density at radius 3 is 2.79 bits per heavy atom. The molecule has 4 rings (SSSR count). The van der Waals surface area contributed by atoms with E-state index in [0.717, 1.165) is 18.7 Å². The summed E-state index contributed by atoms with van der Waals surface area (Å²) in [6.45, 7) is 1.03. The predicted octanol–water partition coefficient (Wildman–Crippen LogP) is 3.15. The van der Waals surface area contributed by atoms with Crippen molar-refractivity contribution in [2.45, 2.75) is 49.5 Å². The number of ether oxygens (including phenoxy) is 1. The summed E-state index contributed by atoms with van der Waals surface area (Å²) in [5.41, 5.74) is 1.29. The number of carbonyl (C=O) groups is 1. The van der Waals surface area contributed by atoms with Crippen LogP contribution in [0, 0.1) is 0 Å². The maximum atomic E-state index is 12.6. The first-order valence-electron chi connectivity index (χ1n) is 11.4. The van der Waals surface area contributed by atoms with Crippen LogP contribution in [0.4, 0.5) is 23.1 Å². The lowest BCUT2D eigenvalue weighted by Gasteiger charge is -2.30. The van der Waals surface area contributed by atoms with Crippen molar-refractivity contribution in [3.8, 4) is 0 Å². The van der Waals surface area contributed by atoms with Crippen molar-refractivity contribution in [3.63, 3.8) is 0 Å². The fourth-order valence-corrected chi connectivity index (χ4v) is 5.80. The molecule has 1 fully saturated rings. The Kier molecular flexibility index (Phi) is 7.14. The molecule has 1 amide bonds. The minimum Gasteiger partial charge on any atom is -0.385 e. The van der Waals surface area contributed by atoms with Crippen molar-refractivity contribution in [1.82, 2.24) is 9.97 Å². The number of anilines is 4. The zero-order chi connectivity index (χ0) is 23.4. The van der Waals surface area contributed by atoms with Gasteiger partial charge in [-0.3, -0.25) is 4.79 Å². The van der Waals surface area contributed by atoms with Gasteiger partial charge in [0.15, 0.2) is 15.7 Å². The Balaban J connectivity index is 1.60. The third-order valence-corrected chi connectivity index (χ3v) is 8.10. The molecule has 178 valence electrons. The molecule has 0 bridgehead atoms. The average Bonchev–Trinajstić information content (AvgIpc) is 3.30. The van der Waals surface area contributed by atoms with Gasteiger partial charge in [-0.25, -0.2) is 13.4 Å². The van der Waals surface area contributed by atoms with Crippen LogP contribution in [0.3, 0.4) is 0 Å². The smallest absolute Gasteiger partial charge is 0.229 e. The van der Waals surface area contributed by atoms with E-state index in [1.54, 1.807) is 49.5 Å². The van der Waals surface area contributed by atoms with Crippen molar-refractivity contribution in [3.05, 3.63) is 30.5 Å². The Labute approximate surface area is 195 Å². The Bertz CT molecular complexity index is 1100. The maximum Gasteiger partial charge on any atom is 0.229 e. The summed E-state index contributed by atoms with van der Waals surface area (Å²) < 4.78 is 30.2. The van der Waals surface area contributed by atoms with Gasteiger partial charge in [0.2, 0.25) is 11.9 Å². The second-order valence-electron chi connectivity index (χ2n) is 8.55. The van der Waals surface area contributed by atoms with Crippen molar-refractivity contribution in [2.24, 2.45) is 0 Å². The molecule has 1 aromatic carbocycles. The highest BCUT2D eigenvalue weighted by Gasteiger charge is 2.31. The van der Waals surface area contributed by atoms with Crippen molar-refractivity contribution in [1.29, 1.82) is 0 Å². The molecule has 2 aromatic rings. The molecular formula is C23H31N5O4S. The van der Waals surface area contributed by atoms with Gasteiger partial charge >= 0.3 is 0 Å². The number of methoxy groups -OCH3 is 1. The molecule has 1 aliphatic heterocycles. The summed E-state index contributed by atoms with van der Waals surface area (Å²) in [6, 6.07) is 7.04. The standard InChI is InChI=1S/C23H31N5O4S/c1-27-20-16-24-23(26-22(20)28(12-11-21(27)29)18-8-3-4-9-18)25-17-7-5-10-19(15-17)33(30,31)14-6-13-32-2/h5,7,10,15-16,18H,3-4,6,8-9,11-14H2,1-2H3,(H,24,25,26). The Hall–Kier alpha value is -2.72. The van der Waals surface area contributed by atoms with Crippen LogP contribution in [0.2, 0.25) is 0 Å². The highest BCUT2D eigenvalue weighted by molar-refractivity contribution is 7.91. The van der Waals surface area contributed by atoms with Crippen molar-refractivity contribution in [2.75, 3.05) is 48.2 Å². The van der Waals surface area contributed by atoms with E-state index in [1.807, 2.05) is 0 Å². The SMILES string of the molecule is COCCCS(=O)(=O)c1cccc(Nc2ncc3c(n2)N(C2CCCC2)CCC(=O)N3C)c1. The van der Waals surface area contributed by atoms with E-state index in [-0.39, 0.29) is 16.6 Å². The van der Waals surface area contributed by atoms with Crippen LogP contribution in [0.5, 0.6) is 0 Å². The van der Waals surface area contributed by atoms with Crippen LogP contribution in [0.1, 0.15) is 38.5 Å². The van der Waals surface area contributed by atoms with E-state index in [1.165, 1.54) is 12.8 Å². The van der Waals surface area contributed by atoms with Crippen LogP contribution in [0.25, 0.3) is 0 Å². The minimum atomic E-state index is -3.41. The van der Waals surface area contributed by atoms with Gasteiger partial charge in [0.25, 0.3) is 0 Å². The van der Waals surface area contributed by atoms with E-state index in [4.69, 9.17) is 9.72 Å². The van der Waals surface area contributed by atoms with Gasteiger partial charge in [0.1, 0.15) is 5.69 Å². The zero-order valence-corrected chi connectivity index (χ0v) is 20.0. The summed E-state index contributed by atoms with van der Waals surface area (Å²) >= 11 is 0. The number of carbonyl (C=O) groups excluding carboxylic acids is 1. The molecule has 0 spiro atoms. The number of nitrogens with one attached hydrogen (secondary N) is 1. The number of sulfone groups is 1. The molecule has 2 heterocycles. The fraction of sp³-hybridized carbons (Fsp3) is 0.522. The van der Waals surface area contributed by atoms with E-state index < -0.39 is 9.84 Å². The second kappa shape index (κ2) is 10.0. The van der Waals surface area contributed by atoms with E-state index in [9.17, 15) is 13.2 Å². The summed E-state index contributed by atoms with van der Waals surface area (Å²) in [6.07, 6.45) is 7.09. The number of fused-ring (bicyclic) bond motifs is 1. The summed E-state index contributed by atoms with van der Waals surface area (Å²) in [5, 5.41) is 3.15. The minimum absolute atomic E-state index is 0.0242. The lowest BCUT2D eigenvalue weighted by Crippen LogP contribution is -2.34. The quantitative estimate of drug-likeness (QED) is 0.583. The third-order valence-electron chi connectivity index (χ3n) is 6.30. The van der Waals surface area contributed by atoms with Crippen molar-refractivity contribution >= 4 is 38.9 Å². The normalized spacial score (nSPS) is 17.2. The lowest BCUT2D eigenvalue weighted by atomic mass is 10.2. The molecule has 1 N–H and O–H groups in total. The first-order valence-corrected chi connectivity index (χ1v) is 13.0. The topological polar surface area (TPSA) is 105 Å². The molecule has 0 saturated heterocycles. The predicted molar refractivity (Wildman–Crippen MR) is 128 cm³/mol. The molecule has 1 saturated carbocycles. The first-order chi connectivity index (χ1) is 15.9. The van der Waals surface area contributed by atoms with Crippen LogP contribution in [0.15, 0.2) is 35.4 Å². The molecule has 0 unspecified atom stereocenters. The van der Waals surface area contributed by atoms with E-state index >= 15 is 0 Å². The number of benzene rings is 1. The highest BCUT2D eigenvalue weighted by atomic mass is 32.2. The average molecular weight is 474 g/mol. The van der Waals surface area contributed by atoms with Gasteiger partial charge in [-0.05, 0) is 37.5 Å². The van der Waals surface area contributed by atoms with Crippen molar-refractivity contribution < 1.29 is 17.9 Å². The van der Waals surface area contributed by atoms with Crippen LogP contribution >= 0.6 is 0 Å². The molecule has 1 aliphatic carbocycles. The summed E-state index contributed by atoms with van der Waals surface area (Å²) in [5.74, 6) is 1.19. The molecule has 9 nitrogen and oxygen atoms in total. The molecule has 2 aliphatic rings. The van der Waals surface area contributed by atoms with Gasteiger partial charge in [-0.2, -0.15) is 4.98 Å². The highest BCUT2D eigenvalue weighted by Crippen LogP contribution is 2.36. The lowest BCUT2D eigenvalue weighted by molar-refractivity contribution is -0.118. The largest absolute Gasteiger partial charge is 0.385 e. The number of aromatic nitrogens is 2. The molecule has 33 heavy (non-hydrogen) atoms. The molecule has 0 radical (unpaired) electrons. The first kappa shape index (κ1) is 23.4. The number of nitrogens with zero attached hydrogens (tertiary/aromatic N) is 4. The Morgan fingerprint density at radius 2 is 2.03 bits per heavy atom. The van der Waals surface area contributed by atoms with Gasteiger partial charge in [0, 0.05) is 45.5 Å². The van der Waals surface area contributed by atoms with Gasteiger partial charge in [-0.1, -0.05) is 18.9 Å². The molecule has 10 heteroatoms. The number of hydrogen-bond donors (Lipinski definition) is 1. The van der Waals surface area contributed by atoms with Crippen LogP contribution in [-0.2, 0) is 19.4 Å². The number of amides is 1. The maximum absolute atomic E-state index is 12.6. The third kappa shape index (κ3) is 5.27. The van der Waals surface area contributed by atoms with Crippen LogP contribution in [-0.4, -0.2) is 63.4 Å². The second-order valence-corrected chi connectivity index (χ2v) is 10.7. The van der Waals surface area contributed by atoms with E-state index in [2.05, 4.69) is 15.2 Å². The molecule has 1 aromatic heterocycles. The molecule has 0 atom stereocenters. The zero-order valence-electron chi connectivity index (χ0n) is 19.2. The molecular weight excluding hydrogens is 442 g/mol. The summed E-state index contributed by atoms with van der Waals surface area (Å²) in [4.78, 5) is 25.8. The number of hydrogen-bond acceptors (Lipinski definition) is 8. The number of rotatable bonds is 8. The Morgan fingerprint density at radius 1 is 1.24 bits per heavy atom. The van der Waals surface area contributed by atoms with Gasteiger partial charge < -0.3 is 19.9 Å². The van der Waals surface area contributed by atoms with Crippen LogP contribution < -0.4 is 15.1 Å². The monoisotopic (exact) mass is 473 g/mol.